The van der Waals surface area contributed by atoms with Gasteiger partial charge in [-0.2, -0.15) is 0 Å². The molecule has 82 valence electrons. The lowest BCUT2D eigenvalue weighted by Gasteiger charge is -2.10. The lowest BCUT2D eigenvalue weighted by Crippen LogP contribution is -2.14. The standard InChI is InChI=1S/C10H14NO3P/c1-11(15)4-5-12-8-2-3-9-10(6-8)14-7-13-9/h2-3,6H,4-5,7,15H2,1H3. The summed E-state index contributed by atoms with van der Waals surface area (Å²) in [6.07, 6.45) is 0. The molecule has 1 aliphatic heterocycles. The van der Waals surface area contributed by atoms with E-state index in [2.05, 4.69) is 9.39 Å². The molecule has 1 aromatic carbocycles. The Hall–Kier alpha value is -0.990. The van der Waals surface area contributed by atoms with E-state index >= 15 is 0 Å². The molecule has 0 radical (unpaired) electrons. The van der Waals surface area contributed by atoms with Gasteiger partial charge in [0.15, 0.2) is 11.5 Å². The van der Waals surface area contributed by atoms with E-state index < -0.39 is 0 Å². The van der Waals surface area contributed by atoms with E-state index in [-0.39, 0.29) is 0 Å². The molecule has 1 atom stereocenters. The van der Waals surface area contributed by atoms with Crippen LogP contribution in [-0.2, 0) is 0 Å². The second kappa shape index (κ2) is 4.69. The Kier molecular flexibility index (Phi) is 3.29. The van der Waals surface area contributed by atoms with Crippen molar-refractivity contribution in [2.75, 3.05) is 27.0 Å². The van der Waals surface area contributed by atoms with E-state index in [0.717, 1.165) is 23.8 Å². The van der Waals surface area contributed by atoms with Gasteiger partial charge in [0, 0.05) is 12.6 Å². The molecule has 4 nitrogen and oxygen atoms in total. The maximum Gasteiger partial charge on any atom is 0.231 e. The van der Waals surface area contributed by atoms with Crippen LogP contribution in [0.25, 0.3) is 0 Å². The van der Waals surface area contributed by atoms with Crippen molar-refractivity contribution >= 4 is 9.39 Å². The Labute approximate surface area is 91.4 Å². The zero-order valence-corrected chi connectivity index (χ0v) is 9.76. The number of nitrogens with zero attached hydrogens (tertiary/aromatic N) is 1. The fourth-order valence-corrected chi connectivity index (χ4v) is 1.38. The molecular weight excluding hydrogens is 213 g/mol. The Morgan fingerprint density at radius 2 is 2.20 bits per heavy atom. The number of benzene rings is 1. The number of likely N-dealkylation sites (N-methyl/N-ethyl adjacent to an activating group) is 1. The van der Waals surface area contributed by atoms with Crippen LogP contribution < -0.4 is 14.2 Å². The first kappa shape index (κ1) is 10.5. The third kappa shape index (κ3) is 2.74. The maximum absolute atomic E-state index is 5.55. The summed E-state index contributed by atoms with van der Waals surface area (Å²) in [7, 11) is 4.57. The third-order valence-corrected chi connectivity index (χ3v) is 2.31. The Morgan fingerprint density at radius 3 is 3.00 bits per heavy atom. The van der Waals surface area contributed by atoms with Gasteiger partial charge in [0.25, 0.3) is 0 Å². The highest BCUT2D eigenvalue weighted by molar-refractivity contribution is 7.13. The van der Waals surface area contributed by atoms with Crippen LogP contribution in [0.2, 0.25) is 0 Å². The molecule has 1 unspecified atom stereocenters. The molecule has 0 aromatic heterocycles. The first-order chi connectivity index (χ1) is 7.25. The van der Waals surface area contributed by atoms with Gasteiger partial charge in [-0.1, -0.05) is 9.39 Å². The van der Waals surface area contributed by atoms with Gasteiger partial charge in [0.2, 0.25) is 6.79 Å². The summed E-state index contributed by atoms with van der Waals surface area (Å²) in [5, 5.41) is 0. The highest BCUT2D eigenvalue weighted by Crippen LogP contribution is 2.34. The van der Waals surface area contributed by atoms with Gasteiger partial charge in [-0.05, 0) is 19.2 Å². The smallest absolute Gasteiger partial charge is 0.231 e. The van der Waals surface area contributed by atoms with E-state index in [4.69, 9.17) is 14.2 Å². The van der Waals surface area contributed by atoms with Crippen LogP contribution in [0.1, 0.15) is 0 Å². The zero-order valence-electron chi connectivity index (χ0n) is 8.60. The molecule has 0 fully saturated rings. The summed E-state index contributed by atoms with van der Waals surface area (Å²) in [6, 6.07) is 5.60. The number of ether oxygens (including phenoxy) is 3. The normalized spacial score (nSPS) is 13.3. The zero-order chi connectivity index (χ0) is 10.7. The predicted molar refractivity (Wildman–Crippen MR) is 60.4 cm³/mol. The van der Waals surface area contributed by atoms with Crippen molar-refractivity contribution in [3.05, 3.63) is 18.2 Å². The molecule has 0 aliphatic carbocycles. The van der Waals surface area contributed by atoms with Crippen LogP contribution in [0.5, 0.6) is 17.2 Å². The largest absolute Gasteiger partial charge is 0.492 e. The van der Waals surface area contributed by atoms with Gasteiger partial charge < -0.3 is 14.2 Å². The molecule has 1 aliphatic rings. The van der Waals surface area contributed by atoms with Crippen molar-refractivity contribution in [3.63, 3.8) is 0 Å². The van der Waals surface area contributed by atoms with E-state index in [1.54, 1.807) is 0 Å². The van der Waals surface area contributed by atoms with Gasteiger partial charge in [-0.3, -0.25) is 4.67 Å². The van der Waals surface area contributed by atoms with Crippen LogP contribution in [-0.4, -0.2) is 31.7 Å². The molecule has 2 rings (SSSR count). The molecule has 0 N–H and O–H groups in total. The summed E-state index contributed by atoms with van der Waals surface area (Å²) in [5.74, 6) is 2.35. The van der Waals surface area contributed by atoms with Crippen molar-refractivity contribution in [2.24, 2.45) is 0 Å². The lowest BCUT2D eigenvalue weighted by molar-refractivity contribution is 0.173. The van der Waals surface area contributed by atoms with Gasteiger partial charge in [-0.15, -0.1) is 0 Å². The highest BCUT2D eigenvalue weighted by atomic mass is 31.0. The first-order valence-corrected chi connectivity index (χ1v) is 5.25. The second-order valence-electron chi connectivity index (χ2n) is 3.34. The SMILES string of the molecule is CN(P)CCOc1ccc2c(c1)OCO2. The van der Waals surface area contributed by atoms with Crippen LogP contribution >= 0.6 is 9.39 Å². The van der Waals surface area contributed by atoms with Crippen molar-refractivity contribution in [1.29, 1.82) is 0 Å². The van der Waals surface area contributed by atoms with Gasteiger partial charge in [0.1, 0.15) is 12.4 Å². The molecule has 1 aromatic rings. The topological polar surface area (TPSA) is 30.9 Å². The predicted octanol–water partition coefficient (Wildman–Crippen LogP) is 1.52. The van der Waals surface area contributed by atoms with Gasteiger partial charge in [0.05, 0.1) is 0 Å². The fourth-order valence-electron chi connectivity index (χ4n) is 1.27. The minimum Gasteiger partial charge on any atom is -0.492 e. The molecule has 0 saturated heterocycles. The molecule has 0 amide bonds. The monoisotopic (exact) mass is 227 g/mol. The molecule has 15 heavy (non-hydrogen) atoms. The Morgan fingerprint density at radius 1 is 1.40 bits per heavy atom. The van der Waals surface area contributed by atoms with E-state index in [1.165, 1.54) is 0 Å². The Balaban J connectivity index is 1.92. The summed E-state index contributed by atoms with van der Waals surface area (Å²) in [6.45, 7) is 1.81. The van der Waals surface area contributed by atoms with Crippen LogP contribution in [0.4, 0.5) is 0 Å². The van der Waals surface area contributed by atoms with Gasteiger partial charge >= 0.3 is 0 Å². The summed E-state index contributed by atoms with van der Waals surface area (Å²) >= 11 is 0. The fraction of sp³-hybridized carbons (Fsp3) is 0.400. The van der Waals surface area contributed by atoms with Gasteiger partial charge in [-0.25, -0.2) is 0 Å². The van der Waals surface area contributed by atoms with Crippen molar-refractivity contribution < 1.29 is 14.2 Å². The van der Waals surface area contributed by atoms with Crippen molar-refractivity contribution in [3.8, 4) is 17.2 Å². The lowest BCUT2D eigenvalue weighted by atomic mass is 10.3. The first-order valence-electron chi connectivity index (χ1n) is 4.74. The third-order valence-electron chi connectivity index (χ3n) is 2.06. The van der Waals surface area contributed by atoms with E-state index in [9.17, 15) is 0 Å². The molecule has 1 heterocycles. The quantitative estimate of drug-likeness (QED) is 0.730. The summed E-state index contributed by atoms with van der Waals surface area (Å²) < 4.78 is 18.0. The molecule has 5 heteroatoms. The average molecular weight is 227 g/mol. The van der Waals surface area contributed by atoms with Crippen LogP contribution in [0.15, 0.2) is 18.2 Å². The molecule has 0 spiro atoms. The van der Waals surface area contributed by atoms with E-state index in [1.807, 2.05) is 29.9 Å². The number of hydrogen-bond donors (Lipinski definition) is 0. The maximum atomic E-state index is 5.55. The minimum absolute atomic E-state index is 0.299. The van der Waals surface area contributed by atoms with Crippen molar-refractivity contribution in [1.82, 2.24) is 4.67 Å². The number of hydrogen-bond acceptors (Lipinski definition) is 4. The molecule has 0 bridgehead atoms. The van der Waals surface area contributed by atoms with Crippen LogP contribution in [0, 0.1) is 0 Å². The highest BCUT2D eigenvalue weighted by Gasteiger charge is 2.13. The summed E-state index contributed by atoms with van der Waals surface area (Å²) in [5.41, 5.74) is 0. The Bertz CT molecular complexity index is 343. The number of rotatable bonds is 4. The summed E-state index contributed by atoms with van der Waals surface area (Å²) in [4.78, 5) is 0. The number of fused-ring (bicyclic) bond motifs is 1. The molecule has 0 saturated carbocycles. The van der Waals surface area contributed by atoms with Crippen LogP contribution in [0.3, 0.4) is 0 Å². The minimum atomic E-state index is 0.299. The molecular formula is C10H14NO3P. The average Bonchev–Trinajstić information content (AvgIpc) is 2.64. The second-order valence-corrected chi connectivity index (χ2v) is 4.23. The van der Waals surface area contributed by atoms with E-state index in [0.29, 0.717) is 13.4 Å². The van der Waals surface area contributed by atoms with Crippen molar-refractivity contribution in [2.45, 2.75) is 0 Å².